The summed E-state index contributed by atoms with van der Waals surface area (Å²) < 4.78 is 6.50. The lowest BCUT2D eigenvalue weighted by Gasteiger charge is -2.33. The Morgan fingerprint density at radius 2 is 1.83 bits per heavy atom. The van der Waals surface area contributed by atoms with Crippen LogP contribution in [0.15, 0.2) is 60.7 Å². The minimum Gasteiger partial charge on any atom is -0.507 e. The Labute approximate surface area is 176 Å². The molecule has 1 atom stereocenters. The maximum atomic E-state index is 11.8. The van der Waals surface area contributed by atoms with Crippen LogP contribution >= 0.6 is 0 Å². The molecule has 0 heterocycles. The zero-order valence-corrected chi connectivity index (χ0v) is 17.2. The number of Topliss-reactive ketones (excluding diaryl/α,β-unsaturated/α-hetero) is 1. The Hall–Kier alpha value is -3.34. The van der Waals surface area contributed by atoms with Gasteiger partial charge in [0.05, 0.1) is 11.1 Å². The molecule has 2 aromatic rings. The molecule has 0 bridgehead atoms. The second-order valence-electron chi connectivity index (χ2n) is 7.58. The largest absolute Gasteiger partial charge is 0.507 e. The van der Waals surface area contributed by atoms with Crippen molar-refractivity contribution < 1.29 is 24.5 Å². The minimum absolute atomic E-state index is 0.0156. The number of allylic oxidation sites excluding steroid dienone is 2. The van der Waals surface area contributed by atoms with Crippen molar-refractivity contribution in [3.8, 4) is 11.5 Å². The van der Waals surface area contributed by atoms with Crippen LogP contribution in [0.4, 0.5) is 0 Å². The van der Waals surface area contributed by atoms with Crippen LogP contribution in [-0.4, -0.2) is 27.6 Å². The van der Waals surface area contributed by atoms with Crippen LogP contribution in [0.25, 0.3) is 0 Å². The third kappa shape index (κ3) is 4.62. The first kappa shape index (κ1) is 21.4. The number of carboxylic acid groups (broad SMARTS) is 1. The molecule has 2 aromatic carbocycles. The first-order chi connectivity index (χ1) is 14.3. The minimum atomic E-state index is -0.960. The fourth-order valence-corrected chi connectivity index (χ4v) is 3.71. The molecule has 1 aliphatic carbocycles. The van der Waals surface area contributed by atoms with Crippen molar-refractivity contribution in [2.45, 2.75) is 45.1 Å². The average molecular weight is 406 g/mol. The number of hydrogen-bond acceptors (Lipinski definition) is 4. The van der Waals surface area contributed by atoms with E-state index in [2.05, 4.69) is 0 Å². The van der Waals surface area contributed by atoms with Crippen molar-refractivity contribution in [1.82, 2.24) is 0 Å². The fourth-order valence-electron chi connectivity index (χ4n) is 3.71. The van der Waals surface area contributed by atoms with Crippen molar-refractivity contribution in [1.29, 1.82) is 0 Å². The first-order valence-electron chi connectivity index (χ1n) is 10.1. The number of phenols is 1. The van der Waals surface area contributed by atoms with Gasteiger partial charge in [-0.3, -0.25) is 4.79 Å². The number of benzene rings is 2. The standard InChI is InChI=1S/C25H26O5/c1-3-7-21-22(13-12-20(17(2)26)23(21)27)30-25(14-5-4-6-15-25)16-18-8-10-19(11-9-18)24(28)29/h4-6,8-14,27H,3,7,15-16H2,1-2H3,(H,28,29). The Morgan fingerprint density at radius 1 is 1.10 bits per heavy atom. The zero-order valence-electron chi connectivity index (χ0n) is 17.2. The van der Waals surface area contributed by atoms with E-state index in [9.17, 15) is 14.7 Å². The number of hydrogen-bond donors (Lipinski definition) is 2. The molecule has 0 aromatic heterocycles. The second-order valence-corrected chi connectivity index (χ2v) is 7.58. The molecule has 3 rings (SSSR count). The van der Waals surface area contributed by atoms with E-state index in [4.69, 9.17) is 9.84 Å². The lowest BCUT2D eigenvalue weighted by molar-refractivity contribution is 0.0696. The molecule has 0 radical (unpaired) electrons. The van der Waals surface area contributed by atoms with Crippen molar-refractivity contribution in [3.05, 3.63) is 83.0 Å². The third-order valence-electron chi connectivity index (χ3n) is 5.25. The molecule has 0 spiro atoms. The van der Waals surface area contributed by atoms with Gasteiger partial charge < -0.3 is 14.9 Å². The van der Waals surface area contributed by atoms with Gasteiger partial charge in [-0.05, 0) is 49.2 Å². The lowest BCUT2D eigenvalue weighted by atomic mass is 9.87. The Kier molecular flexibility index (Phi) is 6.40. The summed E-state index contributed by atoms with van der Waals surface area (Å²) in [6.07, 6.45) is 10.4. The van der Waals surface area contributed by atoms with E-state index >= 15 is 0 Å². The van der Waals surface area contributed by atoms with Crippen LogP contribution in [0.2, 0.25) is 0 Å². The predicted molar refractivity (Wildman–Crippen MR) is 115 cm³/mol. The normalized spacial score (nSPS) is 17.7. The first-order valence-corrected chi connectivity index (χ1v) is 10.1. The molecule has 2 N–H and O–H groups in total. The summed E-state index contributed by atoms with van der Waals surface area (Å²) in [4.78, 5) is 23.0. The highest BCUT2D eigenvalue weighted by Gasteiger charge is 2.31. The van der Waals surface area contributed by atoms with Crippen molar-refractivity contribution in [3.63, 3.8) is 0 Å². The van der Waals surface area contributed by atoms with Crippen molar-refractivity contribution >= 4 is 11.8 Å². The van der Waals surface area contributed by atoms with E-state index in [-0.39, 0.29) is 17.1 Å². The SMILES string of the molecule is CCCc1c(OC2(Cc3ccc(C(=O)O)cc3)C=CC=CC2)ccc(C(C)=O)c1O. The van der Waals surface area contributed by atoms with E-state index in [0.717, 1.165) is 12.0 Å². The molecule has 5 heteroatoms. The Balaban J connectivity index is 1.96. The summed E-state index contributed by atoms with van der Waals surface area (Å²) in [6, 6.07) is 10.1. The van der Waals surface area contributed by atoms with Gasteiger partial charge in [-0.1, -0.05) is 43.7 Å². The molecular weight excluding hydrogens is 380 g/mol. The molecule has 0 fully saturated rings. The van der Waals surface area contributed by atoms with Crippen molar-refractivity contribution in [2.75, 3.05) is 0 Å². The van der Waals surface area contributed by atoms with E-state index in [1.165, 1.54) is 6.92 Å². The lowest BCUT2D eigenvalue weighted by Crippen LogP contribution is -2.37. The smallest absolute Gasteiger partial charge is 0.335 e. The van der Waals surface area contributed by atoms with Crippen LogP contribution in [0, 0.1) is 0 Å². The molecule has 0 aliphatic heterocycles. The van der Waals surface area contributed by atoms with Crippen LogP contribution in [-0.2, 0) is 12.8 Å². The summed E-state index contributed by atoms with van der Waals surface area (Å²) in [6.45, 7) is 3.44. The quantitative estimate of drug-likeness (QED) is 0.594. The second kappa shape index (κ2) is 8.99. The van der Waals surface area contributed by atoms with Gasteiger partial charge in [0, 0.05) is 18.4 Å². The highest BCUT2D eigenvalue weighted by molar-refractivity contribution is 5.97. The van der Waals surface area contributed by atoms with E-state index in [1.54, 1.807) is 36.4 Å². The number of rotatable bonds is 8. The number of aromatic hydroxyl groups is 1. The van der Waals surface area contributed by atoms with E-state index in [0.29, 0.717) is 36.1 Å². The molecule has 0 saturated heterocycles. The summed E-state index contributed by atoms with van der Waals surface area (Å²) in [5, 5.41) is 19.8. The molecule has 0 saturated carbocycles. The predicted octanol–water partition coefficient (Wildman–Crippen LogP) is 5.12. The van der Waals surface area contributed by atoms with Crippen LogP contribution in [0.5, 0.6) is 11.5 Å². The van der Waals surface area contributed by atoms with Gasteiger partial charge in [0.2, 0.25) is 0 Å². The maximum absolute atomic E-state index is 11.8. The number of ketones is 1. The van der Waals surface area contributed by atoms with E-state index in [1.807, 2.05) is 31.2 Å². The van der Waals surface area contributed by atoms with Gasteiger partial charge >= 0.3 is 5.97 Å². The molecule has 30 heavy (non-hydrogen) atoms. The molecule has 1 aliphatic rings. The third-order valence-corrected chi connectivity index (χ3v) is 5.25. The summed E-state index contributed by atoms with van der Waals surface area (Å²) in [7, 11) is 0. The average Bonchev–Trinajstić information content (AvgIpc) is 2.71. The highest BCUT2D eigenvalue weighted by Crippen LogP contribution is 2.37. The number of aromatic carboxylic acids is 1. The summed E-state index contributed by atoms with van der Waals surface area (Å²) in [5.74, 6) is -0.608. The molecule has 0 amide bonds. The van der Waals surface area contributed by atoms with Crippen LogP contribution in [0.3, 0.4) is 0 Å². The van der Waals surface area contributed by atoms with Crippen LogP contribution < -0.4 is 4.74 Å². The topological polar surface area (TPSA) is 83.8 Å². The van der Waals surface area contributed by atoms with E-state index < -0.39 is 11.6 Å². The monoisotopic (exact) mass is 406 g/mol. The number of carboxylic acids is 1. The van der Waals surface area contributed by atoms with Crippen molar-refractivity contribution in [2.24, 2.45) is 0 Å². The maximum Gasteiger partial charge on any atom is 0.335 e. The molecular formula is C25H26O5. The number of ether oxygens (including phenoxy) is 1. The number of phenolic OH excluding ortho intramolecular Hbond substituents is 1. The Morgan fingerprint density at radius 3 is 2.40 bits per heavy atom. The molecule has 5 nitrogen and oxygen atoms in total. The van der Waals surface area contributed by atoms with Gasteiger partial charge in [-0.15, -0.1) is 0 Å². The number of carbonyl (C=O) groups is 2. The summed E-state index contributed by atoms with van der Waals surface area (Å²) in [5.41, 5.74) is 1.44. The fraction of sp³-hybridized carbons (Fsp3) is 0.280. The van der Waals surface area contributed by atoms with Gasteiger partial charge in [0.15, 0.2) is 5.78 Å². The van der Waals surface area contributed by atoms with Crippen LogP contribution in [0.1, 0.15) is 58.5 Å². The van der Waals surface area contributed by atoms with Gasteiger partial charge in [-0.2, -0.15) is 0 Å². The Bertz CT molecular complexity index is 1000. The number of carbonyl (C=O) groups excluding carboxylic acids is 1. The van der Waals surface area contributed by atoms with Gasteiger partial charge in [0.25, 0.3) is 0 Å². The molecule has 156 valence electrons. The highest BCUT2D eigenvalue weighted by atomic mass is 16.5. The summed E-state index contributed by atoms with van der Waals surface area (Å²) >= 11 is 0. The zero-order chi connectivity index (χ0) is 21.7. The molecule has 1 unspecified atom stereocenters. The van der Waals surface area contributed by atoms with Gasteiger partial charge in [-0.25, -0.2) is 4.79 Å². The van der Waals surface area contributed by atoms with Gasteiger partial charge in [0.1, 0.15) is 17.1 Å².